The first kappa shape index (κ1) is 12.1. The Kier molecular flexibility index (Phi) is 3.46. The molecule has 0 radical (unpaired) electrons. The van der Waals surface area contributed by atoms with Crippen molar-refractivity contribution in [2.24, 2.45) is 5.92 Å². The predicted molar refractivity (Wildman–Crippen MR) is 69.4 cm³/mol. The highest BCUT2D eigenvalue weighted by Crippen LogP contribution is 2.31. The zero-order chi connectivity index (χ0) is 12.4. The number of anilines is 1. The number of hydrogen-bond donors (Lipinski definition) is 0. The molecule has 1 aromatic heterocycles. The Morgan fingerprint density at radius 3 is 2.59 bits per heavy atom. The molecule has 92 valence electrons. The molecule has 0 aliphatic heterocycles. The average molecular weight is 232 g/mol. The van der Waals surface area contributed by atoms with Crippen molar-refractivity contribution in [3.05, 3.63) is 23.9 Å². The van der Waals surface area contributed by atoms with Gasteiger partial charge in [-0.15, -0.1) is 0 Å². The second kappa shape index (κ2) is 4.86. The molecule has 3 heteroatoms. The van der Waals surface area contributed by atoms with Crippen molar-refractivity contribution in [2.75, 3.05) is 11.4 Å². The Morgan fingerprint density at radius 1 is 1.47 bits per heavy atom. The minimum atomic E-state index is 0.0716. The number of nitrogens with zero attached hydrogens (tertiary/aromatic N) is 2. The quantitative estimate of drug-likeness (QED) is 0.732. The number of hydrogen-bond acceptors (Lipinski definition) is 3. The van der Waals surface area contributed by atoms with Gasteiger partial charge in [0.25, 0.3) is 0 Å². The molecule has 1 fully saturated rings. The third-order valence-electron chi connectivity index (χ3n) is 3.22. The minimum Gasteiger partial charge on any atom is -0.354 e. The summed E-state index contributed by atoms with van der Waals surface area (Å²) < 4.78 is 0. The number of ketones is 1. The molecular formula is C14H20N2O. The number of Topliss-reactive ketones (excluding diaryl/α,β-unsaturated/α-hetero) is 1. The van der Waals surface area contributed by atoms with E-state index in [-0.39, 0.29) is 5.78 Å². The van der Waals surface area contributed by atoms with E-state index in [2.05, 4.69) is 23.7 Å². The maximum Gasteiger partial charge on any atom is 0.161 e. The lowest BCUT2D eigenvalue weighted by molar-refractivity contribution is 0.101. The summed E-state index contributed by atoms with van der Waals surface area (Å²) in [6, 6.07) is 4.28. The third-order valence-corrected chi connectivity index (χ3v) is 3.22. The van der Waals surface area contributed by atoms with Crippen LogP contribution in [0, 0.1) is 5.92 Å². The van der Waals surface area contributed by atoms with Gasteiger partial charge in [0.15, 0.2) is 5.78 Å². The molecule has 0 saturated heterocycles. The van der Waals surface area contributed by atoms with Gasteiger partial charge in [0.05, 0.1) is 0 Å². The number of aromatic nitrogens is 1. The molecule has 1 aromatic rings. The number of carbonyl (C=O) groups excluding carboxylic acids is 1. The Bertz CT molecular complexity index is 393. The zero-order valence-electron chi connectivity index (χ0n) is 10.8. The van der Waals surface area contributed by atoms with E-state index in [1.54, 1.807) is 13.1 Å². The van der Waals surface area contributed by atoms with E-state index in [0.29, 0.717) is 11.6 Å². The largest absolute Gasteiger partial charge is 0.354 e. The fraction of sp³-hybridized carbons (Fsp3) is 0.571. The molecule has 1 aliphatic carbocycles. The van der Waals surface area contributed by atoms with Crippen molar-refractivity contribution < 1.29 is 4.79 Å². The molecule has 17 heavy (non-hydrogen) atoms. The first-order valence-corrected chi connectivity index (χ1v) is 6.31. The summed E-state index contributed by atoms with van der Waals surface area (Å²) in [4.78, 5) is 17.9. The predicted octanol–water partition coefficient (Wildman–Crippen LogP) is 2.91. The van der Waals surface area contributed by atoms with Gasteiger partial charge in [-0.2, -0.15) is 0 Å². The van der Waals surface area contributed by atoms with Gasteiger partial charge in [0.2, 0.25) is 0 Å². The molecular weight excluding hydrogens is 212 g/mol. The van der Waals surface area contributed by atoms with Crippen LogP contribution in [0.1, 0.15) is 44.0 Å². The van der Waals surface area contributed by atoms with Crippen molar-refractivity contribution in [1.29, 1.82) is 0 Å². The fourth-order valence-electron chi connectivity index (χ4n) is 1.91. The Hall–Kier alpha value is -1.38. The number of carbonyl (C=O) groups is 1. The lowest BCUT2D eigenvalue weighted by Crippen LogP contribution is -2.33. The van der Waals surface area contributed by atoms with Crippen LogP contribution in [0.3, 0.4) is 0 Å². The summed E-state index contributed by atoms with van der Waals surface area (Å²) >= 11 is 0. The second-order valence-electron chi connectivity index (χ2n) is 5.15. The van der Waals surface area contributed by atoms with E-state index in [0.717, 1.165) is 18.3 Å². The van der Waals surface area contributed by atoms with Gasteiger partial charge in [-0.3, -0.25) is 4.79 Å². The van der Waals surface area contributed by atoms with Crippen molar-refractivity contribution in [3.63, 3.8) is 0 Å². The maximum atomic E-state index is 11.2. The zero-order valence-corrected chi connectivity index (χ0v) is 10.8. The topological polar surface area (TPSA) is 33.2 Å². The van der Waals surface area contributed by atoms with Crippen LogP contribution in [0.5, 0.6) is 0 Å². The molecule has 1 saturated carbocycles. The lowest BCUT2D eigenvalue weighted by Gasteiger charge is -2.27. The van der Waals surface area contributed by atoms with Crippen LogP contribution < -0.4 is 4.90 Å². The van der Waals surface area contributed by atoms with E-state index < -0.39 is 0 Å². The molecule has 0 bridgehead atoms. The highest BCUT2D eigenvalue weighted by atomic mass is 16.1. The van der Waals surface area contributed by atoms with Crippen LogP contribution in [0.15, 0.2) is 18.3 Å². The van der Waals surface area contributed by atoms with Gasteiger partial charge in [-0.05, 0) is 51.7 Å². The highest BCUT2D eigenvalue weighted by Gasteiger charge is 2.26. The molecule has 1 heterocycles. The summed E-state index contributed by atoms with van der Waals surface area (Å²) in [6.45, 7) is 7.02. The summed E-state index contributed by atoms with van der Waals surface area (Å²) in [5, 5.41) is 0. The molecule has 2 rings (SSSR count). The van der Waals surface area contributed by atoms with Crippen LogP contribution in [0.25, 0.3) is 0 Å². The van der Waals surface area contributed by atoms with Crippen molar-refractivity contribution in [2.45, 2.75) is 39.7 Å². The molecule has 0 N–H and O–H groups in total. The van der Waals surface area contributed by atoms with Gasteiger partial charge in [-0.1, -0.05) is 0 Å². The summed E-state index contributed by atoms with van der Waals surface area (Å²) in [5.41, 5.74) is 0.684. The van der Waals surface area contributed by atoms with Gasteiger partial charge < -0.3 is 4.90 Å². The molecule has 0 atom stereocenters. The monoisotopic (exact) mass is 232 g/mol. The summed E-state index contributed by atoms with van der Waals surface area (Å²) in [6.07, 6.45) is 4.36. The molecule has 0 unspecified atom stereocenters. The van der Waals surface area contributed by atoms with Crippen LogP contribution in [-0.4, -0.2) is 23.4 Å². The smallest absolute Gasteiger partial charge is 0.161 e. The van der Waals surface area contributed by atoms with E-state index in [1.165, 1.54) is 12.8 Å². The Morgan fingerprint density at radius 2 is 2.18 bits per heavy atom. The molecule has 1 aliphatic rings. The van der Waals surface area contributed by atoms with Gasteiger partial charge >= 0.3 is 0 Å². The standard InChI is InChI=1S/C14H20N2O/c1-10(2)16(9-12-4-5-12)14-7-6-13(8-15-14)11(3)17/h6-8,10,12H,4-5,9H2,1-3H3. The summed E-state index contributed by atoms with van der Waals surface area (Å²) in [7, 11) is 0. The Balaban J connectivity index is 2.14. The van der Waals surface area contributed by atoms with Crippen LogP contribution in [0.4, 0.5) is 5.82 Å². The molecule has 3 nitrogen and oxygen atoms in total. The van der Waals surface area contributed by atoms with Gasteiger partial charge in [0, 0.05) is 24.3 Å². The van der Waals surface area contributed by atoms with Crippen LogP contribution >= 0.6 is 0 Å². The molecule has 0 aromatic carbocycles. The first-order chi connectivity index (χ1) is 8.08. The number of rotatable bonds is 5. The van der Waals surface area contributed by atoms with E-state index >= 15 is 0 Å². The lowest BCUT2D eigenvalue weighted by atomic mass is 10.2. The highest BCUT2D eigenvalue weighted by molar-refractivity contribution is 5.93. The fourth-order valence-corrected chi connectivity index (χ4v) is 1.91. The van der Waals surface area contributed by atoms with Crippen molar-refractivity contribution >= 4 is 11.6 Å². The average Bonchev–Trinajstić information content (AvgIpc) is 3.09. The minimum absolute atomic E-state index is 0.0716. The van der Waals surface area contributed by atoms with Crippen molar-refractivity contribution in [3.8, 4) is 0 Å². The third kappa shape index (κ3) is 3.05. The van der Waals surface area contributed by atoms with E-state index in [1.807, 2.05) is 12.1 Å². The summed E-state index contributed by atoms with van der Waals surface area (Å²) in [5.74, 6) is 1.89. The van der Waals surface area contributed by atoms with E-state index in [9.17, 15) is 4.79 Å². The van der Waals surface area contributed by atoms with Crippen molar-refractivity contribution in [1.82, 2.24) is 4.98 Å². The maximum absolute atomic E-state index is 11.2. The Labute approximate surface area is 103 Å². The molecule has 0 amide bonds. The van der Waals surface area contributed by atoms with Crippen LogP contribution in [-0.2, 0) is 0 Å². The normalized spacial score (nSPS) is 15.1. The first-order valence-electron chi connectivity index (χ1n) is 6.31. The SMILES string of the molecule is CC(=O)c1ccc(N(CC2CC2)C(C)C)nc1. The second-order valence-corrected chi connectivity index (χ2v) is 5.15. The van der Waals surface area contributed by atoms with E-state index in [4.69, 9.17) is 0 Å². The van der Waals surface area contributed by atoms with Gasteiger partial charge in [-0.25, -0.2) is 4.98 Å². The van der Waals surface area contributed by atoms with Crippen LogP contribution in [0.2, 0.25) is 0 Å². The van der Waals surface area contributed by atoms with Gasteiger partial charge in [0.1, 0.15) is 5.82 Å². The number of pyridine rings is 1. The molecule has 0 spiro atoms.